The van der Waals surface area contributed by atoms with Gasteiger partial charge in [0.15, 0.2) is 0 Å². The predicted molar refractivity (Wildman–Crippen MR) is 145 cm³/mol. The molecule has 0 spiro atoms. The second kappa shape index (κ2) is 9.40. The van der Waals surface area contributed by atoms with E-state index < -0.39 is 23.5 Å². The molecule has 2 unspecified atom stereocenters. The van der Waals surface area contributed by atoms with Crippen molar-refractivity contribution in [1.82, 2.24) is 0 Å². The van der Waals surface area contributed by atoms with Crippen molar-refractivity contribution in [3.05, 3.63) is 129 Å². The molecule has 0 amide bonds. The molecule has 0 nitrogen and oxygen atoms in total. The largest absolute Gasteiger partial charge is 0.416 e. The molecule has 1 aliphatic carbocycles. The van der Waals surface area contributed by atoms with E-state index in [4.69, 9.17) is 0 Å². The molecule has 5 aromatic rings. The minimum atomic E-state index is -4.49. The van der Waals surface area contributed by atoms with Gasteiger partial charge in [0.05, 0.1) is 11.1 Å². The number of hydrogen-bond acceptors (Lipinski definition) is 0. The Morgan fingerprint density at radius 3 is 2.10 bits per heavy atom. The Bertz CT molecular complexity index is 1720. The summed E-state index contributed by atoms with van der Waals surface area (Å²) in [5, 5.41) is 4.15. The van der Waals surface area contributed by atoms with Crippen molar-refractivity contribution in [2.45, 2.75) is 37.0 Å². The maximum atomic E-state index is 13.7. The van der Waals surface area contributed by atoms with Crippen LogP contribution in [0, 0.1) is 0 Å². The SMILES string of the molecule is FC(F)(F)c1cccc(C2CC(c3ccc(C(F)(F)F)cc3Br)Cc3ccc4c(ccc5ccccc54)c32)c1. The minimum absolute atomic E-state index is 0.188. The Balaban J connectivity index is 1.55. The van der Waals surface area contributed by atoms with Crippen molar-refractivity contribution < 1.29 is 26.3 Å². The third-order valence-electron chi connectivity index (χ3n) is 7.78. The van der Waals surface area contributed by atoms with Gasteiger partial charge in [-0.2, -0.15) is 26.3 Å². The van der Waals surface area contributed by atoms with Crippen LogP contribution in [-0.2, 0) is 18.8 Å². The molecule has 0 N–H and O–H groups in total. The van der Waals surface area contributed by atoms with Crippen molar-refractivity contribution in [1.29, 1.82) is 0 Å². The number of benzene rings is 5. The lowest BCUT2D eigenvalue weighted by Gasteiger charge is -2.34. The van der Waals surface area contributed by atoms with Crippen LogP contribution in [0.25, 0.3) is 21.5 Å². The molecule has 198 valence electrons. The van der Waals surface area contributed by atoms with Gasteiger partial charge in [0.1, 0.15) is 0 Å². The fourth-order valence-corrected chi connectivity index (χ4v) is 6.71. The molecule has 2 atom stereocenters. The predicted octanol–water partition coefficient (Wildman–Crippen LogP) is 10.7. The third-order valence-corrected chi connectivity index (χ3v) is 8.46. The van der Waals surface area contributed by atoms with E-state index in [2.05, 4.69) is 15.9 Å². The molecule has 1 aliphatic rings. The molecule has 0 saturated heterocycles. The Labute approximate surface area is 229 Å². The summed E-state index contributed by atoms with van der Waals surface area (Å²) < 4.78 is 81.3. The monoisotopic (exact) mass is 598 g/mol. The van der Waals surface area contributed by atoms with Gasteiger partial charge in [-0.05, 0) is 80.8 Å². The van der Waals surface area contributed by atoms with E-state index in [0.29, 0.717) is 28.4 Å². The molecule has 0 saturated carbocycles. The molecule has 0 heterocycles. The molecule has 5 aromatic carbocycles. The second-order valence-corrected chi connectivity index (χ2v) is 10.9. The molecule has 6 rings (SSSR count). The smallest absolute Gasteiger partial charge is 0.166 e. The normalized spacial score (nSPS) is 17.9. The summed E-state index contributed by atoms with van der Waals surface area (Å²) >= 11 is 3.35. The molecule has 0 aromatic heterocycles. The molecule has 39 heavy (non-hydrogen) atoms. The summed E-state index contributed by atoms with van der Waals surface area (Å²) in [6.45, 7) is 0. The highest BCUT2D eigenvalue weighted by atomic mass is 79.9. The standard InChI is InChI=1S/C32H21BrF6/c33-29-17-23(32(37,38)39)10-13-25(29)21-14-20-9-11-26-24-7-2-1-4-18(24)8-12-27(26)30(20)28(16-21)19-5-3-6-22(15-19)31(34,35)36/h1-13,15,17,21,28H,14,16H2. The highest BCUT2D eigenvalue weighted by Crippen LogP contribution is 2.49. The average Bonchev–Trinajstić information content (AvgIpc) is 2.91. The zero-order valence-electron chi connectivity index (χ0n) is 20.4. The van der Waals surface area contributed by atoms with E-state index in [1.54, 1.807) is 6.07 Å². The first-order chi connectivity index (χ1) is 18.5. The lowest BCUT2D eigenvalue weighted by Crippen LogP contribution is -2.20. The summed E-state index contributed by atoms with van der Waals surface area (Å²) in [6, 6.07) is 25.2. The van der Waals surface area contributed by atoms with Gasteiger partial charge >= 0.3 is 12.4 Å². The number of hydrogen-bond donors (Lipinski definition) is 0. The van der Waals surface area contributed by atoms with E-state index in [0.717, 1.165) is 50.9 Å². The maximum Gasteiger partial charge on any atom is 0.416 e. The molecule has 0 fully saturated rings. The number of fused-ring (bicyclic) bond motifs is 5. The van der Waals surface area contributed by atoms with E-state index in [1.807, 2.05) is 48.5 Å². The van der Waals surface area contributed by atoms with E-state index >= 15 is 0 Å². The van der Waals surface area contributed by atoms with Crippen LogP contribution in [0.4, 0.5) is 26.3 Å². The van der Waals surface area contributed by atoms with Crippen molar-refractivity contribution >= 4 is 37.5 Å². The highest BCUT2D eigenvalue weighted by Gasteiger charge is 2.36. The summed E-state index contributed by atoms with van der Waals surface area (Å²) in [7, 11) is 0. The van der Waals surface area contributed by atoms with Crippen LogP contribution in [0.15, 0.2) is 95.5 Å². The molecule has 7 heteroatoms. The summed E-state index contributed by atoms with van der Waals surface area (Å²) in [5.41, 5.74) is 1.76. The number of halogens is 7. The van der Waals surface area contributed by atoms with Gasteiger partial charge < -0.3 is 0 Å². The van der Waals surface area contributed by atoms with Crippen LogP contribution >= 0.6 is 15.9 Å². The van der Waals surface area contributed by atoms with Crippen LogP contribution in [0.1, 0.15) is 51.6 Å². The molecular weight excluding hydrogens is 578 g/mol. The molecule has 0 radical (unpaired) electrons. The van der Waals surface area contributed by atoms with E-state index in [9.17, 15) is 26.3 Å². The van der Waals surface area contributed by atoms with Gasteiger partial charge in [-0.3, -0.25) is 0 Å². The van der Waals surface area contributed by atoms with E-state index in [-0.39, 0.29) is 11.8 Å². The van der Waals surface area contributed by atoms with Gasteiger partial charge in [0.25, 0.3) is 0 Å². The summed E-state index contributed by atoms with van der Waals surface area (Å²) in [6.07, 6.45) is -7.93. The van der Waals surface area contributed by atoms with Crippen LogP contribution in [-0.4, -0.2) is 0 Å². The first-order valence-electron chi connectivity index (χ1n) is 12.5. The van der Waals surface area contributed by atoms with Crippen molar-refractivity contribution in [2.24, 2.45) is 0 Å². The van der Waals surface area contributed by atoms with E-state index in [1.165, 1.54) is 18.2 Å². The first-order valence-corrected chi connectivity index (χ1v) is 13.3. The van der Waals surface area contributed by atoms with Gasteiger partial charge in [0.2, 0.25) is 0 Å². The second-order valence-electron chi connectivity index (χ2n) is 10.1. The average molecular weight is 599 g/mol. The fraction of sp³-hybridized carbons (Fsp3) is 0.188. The van der Waals surface area contributed by atoms with Crippen molar-refractivity contribution in [3.63, 3.8) is 0 Å². The maximum absolute atomic E-state index is 13.7. The van der Waals surface area contributed by atoms with Crippen LogP contribution in [0.5, 0.6) is 0 Å². The lowest BCUT2D eigenvalue weighted by molar-refractivity contribution is -0.138. The lowest BCUT2D eigenvalue weighted by atomic mass is 9.70. The Kier molecular flexibility index (Phi) is 6.25. The molecular formula is C32H21BrF6. The Hall–Kier alpha value is -3.32. The molecule has 0 bridgehead atoms. The van der Waals surface area contributed by atoms with Crippen molar-refractivity contribution in [3.8, 4) is 0 Å². The fourth-order valence-electron chi connectivity index (χ4n) is 6.00. The van der Waals surface area contributed by atoms with Gasteiger partial charge in [-0.1, -0.05) is 88.7 Å². The molecule has 0 aliphatic heterocycles. The third kappa shape index (κ3) is 4.71. The Morgan fingerprint density at radius 1 is 0.641 bits per heavy atom. The van der Waals surface area contributed by atoms with Crippen molar-refractivity contribution in [2.75, 3.05) is 0 Å². The topological polar surface area (TPSA) is 0 Å². The zero-order valence-corrected chi connectivity index (χ0v) is 22.0. The zero-order chi connectivity index (χ0) is 27.5. The van der Waals surface area contributed by atoms with Crippen LogP contribution in [0.3, 0.4) is 0 Å². The quantitative estimate of drug-likeness (QED) is 0.140. The van der Waals surface area contributed by atoms with Crippen LogP contribution in [0.2, 0.25) is 0 Å². The van der Waals surface area contributed by atoms with Gasteiger partial charge in [0, 0.05) is 10.4 Å². The number of rotatable bonds is 2. The van der Waals surface area contributed by atoms with Gasteiger partial charge in [-0.25, -0.2) is 0 Å². The van der Waals surface area contributed by atoms with Crippen LogP contribution < -0.4 is 0 Å². The van der Waals surface area contributed by atoms with Gasteiger partial charge in [-0.15, -0.1) is 0 Å². The first kappa shape index (κ1) is 25.9. The summed E-state index contributed by atoms with van der Waals surface area (Å²) in [5.74, 6) is -0.563. The highest BCUT2D eigenvalue weighted by molar-refractivity contribution is 9.10. The summed E-state index contributed by atoms with van der Waals surface area (Å²) in [4.78, 5) is 0. The number of alkyl halides is 6. The Morgan fingerprint density at radius 2 is 1.36 bits per heavy atom. The minimum Gasteiger partial charge on any atom is -0.166 e.